The second kappa shape index (κ2) is 9.49. The van der Waals surface area contributed by atoms with Crippen LogP contribution in [0.25, 0.3) is 22.3 Å². The highest BCUT2D eigenvalue weighted by molar-refractivity contribution is 7.15. The van der Waals surface area contributed by atoms with Gasteiger partial charge in [0, 0.05) is 16.5 Å². The summed E-state index contributed by atoms with van der Waals surface area (Å²) >= 11 is 1.19. The van der Waals surface area contributed by atoms with E-state index < -0.39 is 5.97 Å². The molecule has 0 radical (unpaired) electrons. The zero-order chi connectivity index (χ0) is 22.5. The van der Waals surface area contributed by atoms with Gasteiger partial charge in [0.15, 0.2) is 0 Å². The zero-order valence-corrected chi connectivity index (χ0v) is 18.2. The average molecular weight is 444 g/mol. The highest BCUT2D eigenvalue weighted by Gasteiger charge is 2.21. The highest BCUT2D eigenvalue weighted by Crippen LogP contribution is 2.36. The van der Waals surface area contributed by atoms with Gasteiger partial charge in [-0.3, -0.25) is 4.79 Å². The number of anilines is 1. The molecule has 0 spiro atoms. The number of hydrogen-bond donors (Lipinski definition) is 2. The van der Waals surface area contributed by atoms with Gasteiger partial charge in [-0.2, -0.15) is 0 Å². The van der Waals surface area contributed by atoms with Crippen LogP contribution in [-0.4, -0.2) is 23.6 Å². The Morgan fingerprint density at radius 2 is 1.50 bits per heavy atom. The third-order valence-electron chi connectivity index (χ3n) is 4.96. The Kier molecular flexibility index (Phi) is 6.33. The molecule has 160 valence electrons. The Morgan fingerprint density at radius 1 is 0.875 bits per heavy atom. The first-order chi connectivity index (χ1) is 15.6. The maximum Gasteiger partial charge on any atom is 0.339 e. The molecule has 2 N–H and O–H groups in total. The summed E-state index contributed by atoms with van der Waals surface area (Å²) in [6, 6.07) is 24.3. The number of ether oxygens (including phenoxy) is 1. The van der Waals surface area contributed by atoms with E-state index in [9.17, 15) is 14.7 Å². The molecular formula is C26H21NO4S. The van der Waals surface area contributed by atoms with Gasteiger partial charge < -0.3 is 15.2 Å². The standard InChI is InChI=1S/C26H21NO4S/c1-2-31-21-14-12-19(13-15-21)22-16-32-25(23(22)26(29)30)27-24(28)20-10-8-18(9-11-20)17-6-4-3-5-7-17/h3-16H,2H2,1H3,(H,27,28)(H,29,30). The van der Waals surface area contributed by atoms with Gasteiger partial charge in [-0.15, -0.1) is 11.3 Å². The van der Waals surface area contributed by atoms with Crippen LogP contribution in [0.4, 0.5) is 5.00 Å². The molecule has 0 aliphatic carbocycles. The number of aromatic carboxylic acids is 1. The molecule has 0 aliphatic rings. The number of rotatable bonds is 7. The molecule has 5 nitrogen and oxygen atoms in total. The number of benzene rings is 3. The Morgan fingerprint density at radius 3 is 2.12 bits per heavy atom. The van der Waals surface area contributed by atoms with Crippen LogP contribution in [0.3, 0.4) is 0 Å². The lowest BCUT2D eigenvalue weighted by atomic mass is 10.0. The predicted octanol–water partition coefficient (Wildman–Crippen LogP) is 6.43. The fraction of sp³-hybridized carbons (Fsp3) is 0.0769. The number of carbonyl (C=O) groups is 2. The van der Waals surface area contributed by atoms with Gasteiger partial charge in [-0.25, -0.2) is 4.79 Å². The van der Waals surface area contributed by atoms with Gasteiger partial charge in [0.2, 0.25) is 0 Å². The first-order valence-electron chi connectivity index (χ1n) is 10.1. The first-order valence-corrected chi connectivity index (χ1v) is 11.0. The van der Waals surface area contributed by atoms with Crippen molar-refractivity contribution in [1.82, 2.24) is 0 Å². The molecular weight excluding hydrogens is 422 g/mol. The van der Waals surface area contributed by atoms with Gasteiger partial charge in [0.1, 0.15) is 16.3 Å². The Bertz CT molecular complexity index is 1230. The number of hydrogen-bond acceptors (Lipinski definition) is 4. The molecule has 0 fully saturated rings. The summed E-state index contributed by atoms with van der Waals surface area (Å²) < 4.78 is 5.45. The van der Waals surface area contributed by atoms with Crippen molar-refractivity contribution in [2.24, 2.45) is 0 Å². The molecule has 6 heteroatoms. The van der Waals surface area contributed by atoms with Gasteiger partial charge in [0.05, 0.1) is 6.61 Å². The van der Waals surface area contributed by atoms with E-state index in [0.717, 1.165) is 22.4 Å². The molecule has 0 bridgehead atoms. The monoisotopic (exact) mass is 443 g/mol. The minimum absolute atomic E-state index is 0.0772. The molecule has 1 heterocycles. The van der Waals surface area contributed by atoms with Crippen molar-refractivity contribution < 1.29 is 19.4 Å². The van der Waals surface area contributed by atoms with Crippen molar-refractivity contribution in [1.29, 1.82) is 0 Å². The van der Waals surface area contributed by atoms with Crippen molar-refractivity contribution in [2.45, 2.75) is 6.92 Å². The maximum atomic E-state index is 12.8. The number of carboxylic acids is 1. The number of thiophene rings is 1. The lowest BCUT2D eigenvalue weighted by Crippen LogP contribution is -2.13. The zero-order valence-electron chi connectivity index (χ0n) is 17.4. The summed E-state index contributed by atoms with van der Waals surface area (Å²) in [5.74, 6) is -0.729. The minimum Gasteiger partial charge on any atom is -0.494 e. The predicted molar refractivity (Wildman–Crippen MR) is 128 cm³/mol. The first kappa shape index (κ1) is 21.3. The van der Waals surface area contributed by atoms with Crippen LogP contribution in [0.1, 0.15) is 27.6 Å². The second-order valence-corrected chi connectivity index (χ2v) is 7.89. The van der Waals surface area contributed by atoms with Gasteiger partial charge >= 0.3 is 5.97 Å². The largest absolute Gasteiger partial charge is 0.494 e. The Labute approximate surface area is 189 Å². The fourth-order valence-electron chi connectivity index (χ4n) is 3.39. The van der Waals surface area contributed by atoms with E-state index in [2.05, 4.69) is 5.32 Å². The summed E-state index contributed by atoms with van der Waals surface area (Å²) in [6.45, 7) is 2.46. The lowest BCUT2D eigenvalue weighted by molar-refractivity contribution is 0.0699. The molecule has 0 atom stereocenters. The fourth-order valence-corrected chi connectivity index (χ4v) is 4.35. The highest BCUT2D eigenvalue weighted by atomic mass is 32.1. The molecule has 4 aromatic rings. The normalized spacial score (nSPS) is 10.5. The number of carbonyl (C=O) groups excluding carboxylic acids is 1. The summed E-state index contributed by atoms with van der Waals surface area (Å²) in [5.41, 5.74) is 3.90. The van der Waals surface area contributed by atoms with E-state index >= 15 is 0 Å². The van der Waals surface area contributed by atoms with Gasteiger partial charge in [-0.1, -0.05) is 54.6 Å². The second-order valence-electron chi connectivity index (χ2n) is 7.01. The minimum atomic E-state index is -1.09. The van der Waals surface area contributed by atoms with Gasteiger partial charge in [0.25, 0.3) is 5.91 Å². The summed E-state index contributed by atoms with van der Waals surface area (Å²) in [7, 11) is 0. The van der Waals surface area contributed by atoms with Gasteiger partial charge in [-0.05, 0) is 47.9 Å². The third-order valence-corrected chi connectivity index (χ3v) is 5.86. The Hall–Kier alpha value is -3.90. The SMILES string of the molecule is CCOc1ccc(-c2csc(NC(=O)c3ccc(-c4ccccc4)cc3)c2C(=O)O)cc1. The van der Waals surface area contributed by atoms with Crippen LogP contribution < -0.4 is 10.1 Å². The van der Waals surface area contributed by atoms with E-state index in [4.69, 9.17) is 4.74 Å². The van der Waals surface area contributed by atoms with Crippen molar-refractivity contribution in [3.8, 4) is 28.0 Å². The van der Waals surface area contributed by atoms with Crippen LogP contribution >= 0.6 is 11.3 Å². The molecule has 1 aromatic heterocycles. The molecule has 3 aromatic carbocycles. The van der Waals surface area contributed by atoms with Crippen molar-refractivity contribution in [3.63, 3.8) is 0 Å². The van der Waals surface area contributed by atoms with E-state index in [1.807, 2.05) is 61.5 Å². The summed E-state index contributed by atoms with van der Waals surface area (Å²) in [5, 5.41) is 14.6. The molecule has 32 heavy (non-hydrogen) atoms. The number of amides is 1. The number of nitrogens with one attached hydrogen (secondary N) is 1. The smallest absolute Gasteiger partial charge is 0.339 e. The number of carboxylic acid groups (broad SMARTS) is 1. The van der Waals surface area contributed by atoms with Crippen LogP contribution in [0.2, 0.25) is 0 Å². The van der Waals surface area contributed by atoms with Crippen LogP contribution in [0.15, 0.2) is 84.2 Å². The lowest BCUT2D eigenvalue weighted by Gasteiger charge is -2.08. The molecule has 0 saturated heterocycles. The molecule has 0 unspecified atom stereocenters. The van der Waals surface area contributed by atoms with Crippen molar-refractivity contribution in [3.05, 3.63) is 95.4 Å². The van der Waals surface area contributed by atoms with Crippen LogP contribution in [0.5, 0.6) is 5.75 Å². The summed E-state index contributed by atoms with van der Waals surface area (Å²) in [4.78, 5) is 24.8. The third kappa shape index (κ3) is 4.55. The van der Waals surface area contributed by atoms with Crippen molar-refractivity contribution in [2.75, 3.05) is 11.9 Å². The van der Waals surface area contributed by atoms with E-state index in [1.165, 1.54) is 11.3 Å². The average Bonchev–Trinajstić information content (AvgIpc) is 3.24. The van der Waals surface area contributed by atoms with Crippen LogP contribution in [-0.2, 0) is 0 Å². The quantitative estimate of drug-likeness (QED) is 0.345. The van der Waals surface area contributed by atoms with E-state index in [1.54, 1.807) is 29.6 Å². The summed E-state index contributed by atoms with van der Waals surface area (Å²) in [6.07, 6.45) is 0. The molecule has 1 amide bonds. The maximum absolute atomic E-state index is 12.8. The molecule has 0 aliphatic heterocycles. The van der Waals surface area contributed by atoms with Crippen molar-refractivity contribution >= 4 is 28.2 Å². The molecule has 4 rings (SSSR count). The van der Waals surface area contributed by atoms with Crippen LogP contribution in [0, 0.1) is 0 Å². The molecule has 0 saturated carbocycles. The van der Waals surface area contributed by atoms with E-state index in [-0.39, 0.29) is 11.5 Å². The Balaban J connectivity index is 1.56. The topological polar surface area (TPSA) is 75.6 Å². The van der Waals surface area contributed by atoms with E-state index in [0.29, 0.717) is 22.7 Å².